The molecule has 18 heavy (non-hydrogen) atoms. The Morgan fingerprint density at radius 1 is 1.50 bits per heavy atom. The van der Waals surface area contributed by atoms with Crippen LogP contribution in [0.2, 0.25) is 10.0 Å². The molecule has 0 spiro atoms. The zero-order valence-corrected chi connectivity index (χ0v) is 11.0. The number of ether oxygens (including phenoxy) is 1. The van der Waals surface area contributed by atoms with E-state index in [0.29, 0.717) is 17.5 Å². The second-order valence-corrected chi connectivity index (χ2v) is 4.74. The van der Waals surface area contributed by atoms with Crippen molar-refractivity contribution in [2.45, 2.75) is 25.9 Å². The van der Waals surface area contributed by atoms with Crippen molar-refractivity contribution in [2.24, 2.45) is 0 Å². The van der Waals surface area contributed by atoms with Crippen molar-refractivity contribution in [1.82, 2.24) is 0 Å². The minimum absolute atomic E-state index is 0.112. The van der Waals surface area contributed by atoms with Crippen LogP contribution in [-0.2, 0) is 11.2 Å². The van der Waals surface area contributed by atoms with Gasteiger partial charge in [0.05, 0.1) is 5.02 Å². The highest BCUT2D eigenvalue weighted by Crippen LogP contribution is 2.42. The SMILES string of the molecule is CCC(=O)c1cc(Cl)c(Cl)c2c1CC(C(=O)O)O2. The maximum absolute atomic E-state index is 11.8. The maximum Gasteiger partial charge on any atom is 0.345 e. The lowest BCUT2D eigenvalue weighted by molar-refractivity contribution is -0.144. The molecule has 2 rings (SSSR count). The zero-order chi connectivity index (χ0) is 13.4. The highest BCUT2D eigenvalue weighted by atomic mass is 35.5. The van der Waals surface area contributed by atoms with Gasteiger partial charge in [-0.15, -0.1) is 0 Å². The Morgan fingerprint density at radius 2 is 2.17 bits per heavy atom. The largest absolute Gasteiger partial charge is 0.478 e. The molecular weight excluding hydrogens is 279 g/mol. The number of benzene rings is 1. The molecule has 1 atom stereocenters. The van der Waals surface area contributed by atoms with Crippen LogP contribution in [0.15, 0.2) is 6.07 Å². The van der Waals surface area contributed by atoms with Crippen molar-refractivity contribution in [3.05, 3.63) is 27.2 Å². The average Bonchev–Trinajstić information content (AvgIpc) is 2.78. The van der Waals surface area contributed by atoms with Crippen molar-refractivity contribution >= 4 is 35.0 Å². The summed E-state index contributed by atoms with van der Waals surface area (Å²) in [5, 5.41) is 9.29. The third-order valence-electron chi connectivity index (χ3n) is 2.83. The summed E-state index contributed by atoms with van der Waals surface area (Å²) in [6, 6.07) is 1.47. The van der Waals surface area contributed by atoms with E-state index in [1.807, 2.05) is 0 Å². The van der Waals surface area contributed by atoms with Gasteiger partial charge in [0.15, 0.2) is 11.9 Å². The first kappa shape index (κ1) is 13.2. The fraction of sp³-hybridized carbons (Fsp3) is 0.333. The van der Waals surface area contributed by atoms with Crippen LogP contribution in [0.5, 0.6) is 5.75 Å². The molecule has 0 saturated heterocycles. The molecule has 1 unspecified atom stereocenters. The van der Waals surface area contributed by atoms with Gasteiger partial charge in [-0.2, -0.15) is 0 Å². The molecule has 0 aromatic heterocycles. The lowest BCUT2D eigenvalue weighted by Gasteiger charge is -2.08. The summed E-state index contributed by atoms with van der Waals surface area (Å²) in [5.74, 6) is -0.985. The van der Waals surface area contributed by atoms with E-state index in [1.54, 1.807) is 6.92 Å². The number of carbonyl (C=O) groups excluding carboxylic acids is 1. The number of hydrogen-bond acceptors (Lipinski definition) is 3. The Kier molecular flexibility index (Phi) is 3.50. The smallest absolute Gasteiger partial charge is 0.345 e. The van der Waals surface area contributed by atoms with E-state index in [9.17, 15) is 9.59 Å². The van der Waals surface area contributed by atoms with E-state index in [-0.39, 0.29) is 28.0 Å². The van der Waals surface area contributed by atoms with Gasteiger partial charge in [-0.05, 0) is 6.07 Å². The summed E-state index contributed by atoms with van der Waals surface area (Å²) >= 11 is 11.9. The topological polar surface area (TPSA) is 63.6 Å². The number of fused-ring (bicyclic) bond motifs is 1. The highest BCUT2D eigenvalue weighted by molar-refractivity contribution is 6.43. The van der Waals surface area contributed by atoms with Crippen LogP contribution >= 0.6 is 23.2 Å². The molecule has 1 aliphatic heterocycles. The maximum atomic E-state index is 11.8. The molecule has 1 aromatic rings. The summed E-state index contributed by atoms with van der Waals surface area (Å²) in [6.45, 7) is 1.72. The quantitative estimate of drug-likeness (QED) is 0.869. The summed E-state index contributed by atoms with van der Waals surface area (Å²) in [7, 11) is 0. The molecule has 1 heterocycles. The standard InChI is InChI=1S/C12H10Cl2O4/c1-2-8(15)5-3-7(13)10(14)11-6(5)4-9(18-11)12(16)17/h3,9H,2,4H2,1H3,(H,16,17). The van der Waals surface area contributed by atoms with Crippen LogP contribution in [0.3, 0.4) is 0 Å². The Hall–Kier alpha value is -1.26. The van der Waals surface area contributed by atoms with Crippen LogP contribution in [0.25, 0.3) is 0 Å². The number of aliphatic carboxylic acids is 1. The predicted molar refractivity (Wildman–Crippen MR) is 66.8 cm³/mol. The van der Waals surface area contributed by atoms with Gasteiger partial charge < -0.3 is 9.84 Å². The van der Waals surface area contributed by atoms with Gasteiger partial charge in [-0.3, -0.25) is 4.79 Å². The third kappa shape index (κ3) is 2.06. The summed E-state index contributed by atoms with van der Waals surface area (Å²) in [4.78, 5) is 22.7. The number of carboxylic acid groups (broad SMARTS) is 1. The number of Topliss-reactive ketones (excluding diaryl/α,β-unsaturated/α-hetero) is 1. The molecule has 0 radical (unpaired) electrons. The number of carbonyl (C=O) groups is 2. The molecule has 0 amide bonds. The second-order valence-electron chi connectivity index (χ2n) is 3.95. The first-order chi connectivity index (χ1) is 8.45. The molecule has 0 bridgehead atoms. The molecule has 96 valence electrons. The molecule has 6 heteroatoms. The summed E-state index contributed by atoms with van der Waals surface area (Å²) < 4.78 is 5.25. The Balaban J connectivity index is 2.55. The monoisotopic (exact) mass is 288 g/mol. The number of rotatable bonds is 3. The van der Waals surface area contributed by atoms with Crippen molar-refractivity contribution in [3.63, 3.8) is 0 Å². The van der Waals surface area contributed by atoms with E-state index < -0.39 is 12.1 Å². The predicted octanol–water partition coefficient (Wildman–Crippen LogP) is 2.97. The number of carboxylic acids is 1. The van der Waals surface area contributed by atoms with Gasteiger partial charge in [0, 0.05) is 24.0 Å². The van der Waals surface area contributed by atoms with E-state index in [0.717, 1.165) is 0 Å². The van der Waals surface area contributed by atoms with Crippen molar-refractivity contribution in [3.8, 4) is 5.75 Å². The molecule has 0 saturated carbocycles. The molecular formula is C12H10Cl2O4. The van der Waals surface area contributed by atoms with Gasteiger partial charge in [0.25, 0.3) is 0 Å². The van der Waals surface area contributed by atoms with Crippen molar-refractivity contribution in [1.29, 1.82) is 0 Å². The Morgan fingerprint density at radius 3 is 2.72 bits per heavy atom. The van der Waals surface area contributed by atoms with Crippen LogP contribution in [0.4, 0.5) is 0 Å². The van der Waals surface area contributed by atoms with Crippen LogP contribution < -0.4 is 4.74 Å². The lowest BCUT2D eigenvalue weighted by atomic mass is 9.98. The van der Waals surface area contributed by atoms with Gasteiger partial charge in [-0.1, -0.05) is 30.1 Å². The van der Waals surface area contributed by atoms with Gasteiger partial charge in [0.2, 0.25) is 0 Å². The van der Waals surface area contributed by atoms with Crippen molar-refractivity contribution < 1.29 is 19.4 Å². The van der Waals surface area contributed by atoms with Crippen LogP contribution in [0, 0.1) is 0 Å². The Labute approximate surface area is 113 Å². The van der Waals surface area contributed by atoms with Gasteiger partial charge in [-0.25, -0.2) is 4.79 Å². The van der Waals surface area contributed by atoms with E-state index in [1.165, 1.54) is 6.07 Å². The number of ketones is 1. The number of hydrogen-bond donors (Lipinski definition) is 1. The molecule has 1 aliphatic rings. The van der Waals surface area contributed by atoms with Crippen LogP contribution in [-0.4, -0.2) is 23.0 Å². The molecule has 0 aliphatic carbocycles. The fourth-order valence-corrected chi connectivity index (χ4v) is 2.32. The van der Waals surface area contributed by atoms with Crippen molar-refractivity contribution in [2.75, 3.05) is 0 Å². The molecule has 0 fully saturated rings. The van der Waals surface area contributed by atoms with Gasteiger partial charge in [0.1, 0.15) is 10.8 Å². The van der Waals surface area contributed by atoms with E-state index >= 15 is 0 Å². The highest BCUT2D eigenvalue weighted by Gasteiger charge is 2.34. The molecule has 1 aromatic carbocycles. The Bertz CT molecular complexity index is 539. The second kappa shape index (κ2) is 4.78. The lowest BCUT2D eigenvalue weighted by Crippen LogP contribution is -2.24. The summed E-state index contributed by atoms with van der Waals surface area (Å²) in [5.41, 5.74) is 0.925. The zero-order valence-electron chi connectivity index (χ0n) is 9.50. The fourth-order valence-electron chi connectivity index (χ4n) is 1.91. The third-order valence-corrected chi connectivity index (χ3v) is 3.60. The minimum atomic E-state index is -1.09. The van der Waals surface area contributed by atoms with E-state index in [2.05, 4.69) is 0 Å². The first-order valence-corrected chi connectivity index (χ1v) is 6.14. The van der Waals surface area contributed by atoms with E-state index in [4.69, 9.17) is 33.0 Å². The molecule has 4 nitrogen and oxygen atoms in total. The minimum Gasteiger partial charge on any atom is -0.478 e. The summed E-state index contributed by atoms with van der Waals surface area (Å²) in [6.07, 6.45) is -0.579. The average molecular weight is 289 g/mol. The van der Waals surface area contributed by atoms with Gasteiger partial charge >= 0.3 is 5.97 Å². The molecule has 1 N–H and O–H groups in total. The normalized spacial score (nSPS) is 17.2. The first-order valence-electron chi connectivity index (χ1n) is 5.39. The number of halogens is 2. The van der Waals surface area contributed by atoms with Crippen LogP contribution in [0.1, 0.15) is 29.3 Å².